The zero-order valence-electron chi connectivity index (χ0n) is 14.9. The third-order valence-electron chi connectivity index (χ3n) is 4.66. The topological polar surface area (TPSA) is 71.7 Å². The molecule has 0 saturated carbocycles. The van der Waals surface area contributed by atoms with Crippen molar-refractivity contribution in [2.24, 2.45) is 0 Å². The average Bonchev–Trinajstić information content (AvgIpc) is 3.06. The lowest BCUT2D eigenvalue weighted by atomic mass is 10.1. The summed E-state index contributed by atoms with van der Waals surface area (Å²) in [5.41, 5.74) is 1.22. The van der Waals surface area contributed by atoms with Gasteiger partial charge in [0.1, 0.15) is 12.2 Å². The van der Waals surface area contributed by atoms with Crippen LogP contribution in [0.15, 0.2) is 28.7 Å². The van der Waals surface area contributed by atoms with Gasteiger partial charge in [-0.05, 0) is 24.6 Å². The second kappa shape index (κ2) is 7.65. The van der Waals surface area contributed by atoms with E-state index in [1.807, 2.05) is 17.0 Å². The average molecular weight is 344 g/mol. The Morgan fingerprint density at radius 2 is 2.04 bits per heavy atom. The molecule has 0 bridgehead atoms. The lowest BCUT2D eigenvalue weighted by molar-refractivity contribution is -0.132. The lowest BCUT2D eigenvalue weighted by Crippen LogP contribution is -2.49. The van der Waals surface area contributed by atoms with Crippen LogP contribution in [0, 0.1) is 6.92 Å². The molecular weight excluding hydrogens is 320 g/mol. The number of carbonyl (C=O) groups is 1. The molecule has 1 atom stereocenters. The summed E-state index contributed by atoms with van der Waals surface area (Å²) in [4.78, 5) is 16.6. The Bertz CT molecular complexity index is 723. The second-order valence-electron chi connectivity index (χ2n) is 6.26. The van der Waals surface area contributed by atoms with E-state index >= 15 is 0 Å². The Morgan fingerprint density at radius 3 is 2.68 bits per heavy atom. The number of carbonyl (C=O) groups excluding carboxylic acids is 1. The van der Waals surface area contributed by atoms with E-state index in [4.69, 9.17) is 9.15 Å². The molecule has 1 aromatic carbocycles. The fraction of sp³-hybridized carbons (Fsp3) is 0.500. The van der Waals surface area contributed by atoms with Gasteiger partial charge in [-0.25, -0.2) is 0 Å². The smallest absolute Gasteiger partial charge is 0.232 e. The quantitative estimate of drug-likeness (QED) is 0.824. The Labute approximate surface area is 147 Å². The Hall–Kier alpha value is -2.41. The lowest BCUT2D eigenvalue weighted by Gasteiger charge is -2.38. The number of methoxy groups -OCH3 is 1. The van der Waals surface area contributed by atoms with Crippen LogP contribution in [0.4, 0.5) is 0 Å². The number of nitrogens with zero attached hydrogens (tertiary/aromatic N) is 4. The minimum absolute atomic E-state index is 0.0392. The number of ether oxygens (including phenoxy) is 1. The van der Waals surface area contributed by atoms with E-state index in [0.29, 0.717) is 24.9 Å². The van der Waals surface area contributed by atoms with E-state index in [1.165, 1.54) is 5.56 Å². The molecule has 1 aromatic heterocycles. The maximum absolute atomic E-state index is 12.4. The zero-order chi connectivity index (χ0) is 17.8. The molecule has 0 spiro atoms. The van der Waals surface area contributed by atoms with Gasteiger partial charge < -0.3 is 14.1 Å². The molecule has 2 heterocycles. The molecule has 7 nitrogen and oxygen atoms in total. The van der Waals surface area contributed by atoms with Crippen molar-refractivity contribution in [3.05, 3.63) is 41.6 Å². The minimum atomic E-state index is 0.0392. The third kappa shape index (κ3) is 4.17. The van der Waals surface area contributed by atoms with E-state index in [9.17, 15) is 4.79 Å². The number of hydrogen-bond donors (Lipinski definition) is 0. The van der Waals surface area contributed by atoms with Crippen molar-refractivity contribution in [1.82, 2.24) is 20.0 Å². The van der Waals surface area contributed by atoms with Gasteiger partial charge in [0.05, 0.1) is 7.11 Å². The first kappa shape index (κ1) is 17.4. The maximum atomic E-state index is 12.4. The van der Waals surface area contributed by atoms with Gasteiger partial charge in [0, 0.05) is 39.1 Å². The molecule has 1 aliphatic heterocycles. The molecule has 0 N–H and O–H groups in total. The van der Waals surface area contributed by atoms with Gasteiger partial charge in [-0.2, -0.15) is 0 Å². The monoisotopic (exact) mass is 344 g/mol. The van der Waals surface area contributed by atoms with Crippen molar-refractivity contribution in [1.29, 1.82) is 0 Å². The predicted molar refractivity (Wildman–Crippen MR) is 92.3 cm³/mol. The first-order valence-electron chi connectivity index (χ1n) is 8.51. The maximum Gasteiger partial charge on any atom is 0.232 e. The fourth-order valence-electron chi connectivity index (χ4n) is 3.12. The van der Waals surface area contributed by atoms with Gasteiger partial charge in [0.2, 0.25) is 17.7 Å². The summed E-state index contributed by atoms with van der Waals surface area (Å²) in [6, 6.07) is 8.43. The summed E-state index contributed by atoms with van der Waals surface area (Å²) >= 11 is 0. The Morgan fingerprint density at radius 1 is 1.28 bits per heavy atom. The first-order valence-corrected chi connectivity index (χ1v) is 8.51. The standard InChI is InChI=1S/C18H24N4O3/c1-13(15-5-4-6-16(11-15)24-3)21-7-9-22(10-8-21)18(23)12-17-20-19-14(2)25-17/h4-6,11,13H,7-10,12H2,1-3H3. The van der Waals surface area contributed by atoms with Crippen LogP contribution >= 0.6 is 0 Å². The third-order valence-corrected chi connectivity index (χ3v) is 4.66. The van der Waals surface area contributed by atoms with Gasteiger partial charge in [-0.1, -0.05) is 12.1 Å². The number of aromatic nitrogens is 2. The fourth-order valence-corrected chi connectivity index (χ4v) is 3.12. The highest BCUT2D eigenvalue weighted by molar-refractivity contribution is 5.77. The number of aryl methyl sites for hydroxylation is 1. The van der Waals surface area contributed by atoms with Crippen LogP contribution < -0.4 is 4.74 Å². The van der Waals surface area contributed by atoms with E-state index in [2.05, 4.69) is 34.2 Å². The van der Waals surface area contributed by atoms with Crippen molar-refractivity contribution in [3.8, 4) is 5.75 Å². The summed E-state index contributed by atoms with van der Waals surface area (Å²) < 4.78 is 10.6. The second-order valence-corrected chi connectivity index (χ2v) is 6.26. The Kier molecular flexibility index (Phi) is 5.33. The van der Waals surface area contributed by atoms with Gasteiger partial charge in [0.25, 0.3) is 0 Å². The highest BCUT2D eigenvalue weighted by Crippen LogP contribution is 2.25. The number of amides is 1. The van der Waals surface area contributed by atoms with Gasteiger partial charge in [0.15, 0.2) is 0 Å². The summed E-state index contributed by atoms with van der Waals surface area (Å²) in [7, 11) is 1.68. The van der Waals surface area contributed by atoms with Gasteiger partial charge >= 0.3 is 0 Å². The SMILES string of the molecule is COc1cccc(C(C)N2CCN(C(=O)Cc3nnc(C)o3)CC2)c1. The summed E-state index contributed by atoms with van der Waals surface area (Å²) in [6.45, 7) is 7.01. The van der Waals surface area contributed by atoms with Crippen molar-refractivity contribution >= 4 is 5.91 Å². The van der Waals surface area contributed by atoms with E-state index in [1.54, 1.807) is 14.0 Å². The summed E-state index contributed by atoms with van der Waals surface area (Å²) in [6.07, 6.45) is 0.173. The molecule has 134 valence electrons. The largest absolute Gasteiger partial charge is 0.497 e. The van der Waals surface area contributed by atoms with Crippen LogP contribution in [0.3, 0.4) is 0 Å². The molecule has 0 aliphatic carbocycles. The summed E-state index contributed by atoms with van der Waals surface area (Å²) in [5, 5.41) is 7.66. The number of benzene rings is 1. The van der Waals surface area contributed by atoms with Gasteiger partial charge in [-0.15, -0.1) is 10.2 Å². The zero-order valence-corrected chi connectivity index (χ0v) is 14.9. The molecule has 0 radical (unpaired) electrons. The first-order chi connectivity index (χ1) is 12.1. The molecule has 3 rings (SSSR count). The molecule has 1 unspecified atom stereocenters. The van der Waals surface area contributed by atoms with Crippen molar-refractivity contribution in [2.45, 2.75) is 26.3 Å². The molecular formula is C18H24N4O3. The summed E-state index contributed by atoms with van der Waals surface area (Å²) in [5.74, 6) is 1.78. The molecule has 1 fully saturated rings. The van der Waals surface area contributed by atoms with Crippen LogP contribution in [-0.2, 0) is 11.2 Å². The molecule has 7 heteroatoms. The minimum Gasteiger partial charge on any atom is -0.497 e. The molecule has 2 aromatic rings. The number of piperazine rings is 1. The van der Waals surface area contributed by atoms with Crippen LogP contribution in [0.25, 0.3) is 0 Å². The van der Waals surface area contributed by atoms with E-state index < -0.39 is 0 Å². The Balaban J connectivity index is 1.54. The van der Waals surface area contributed by atoms with Crippen LogP contribution in [0.5, 0.6) is 5.75 Å². The van der Waals surface area contributed by atoms with E-state index in [-0.39, 0.29) is 18.4 Å². The predicted octanol–water partition coefficient (Wildman–Crippen LogP) is 1.83. The van der Waals surface area contributed by atoms with Crippen LogP contribution in [-0.4, -0.2) is 59.2 Å². The highest BCUT2D eigenvalue weighted by Gasteiger charge is 2.25. The van der Waals surface area contributed by atoms with Crippen molar-refractivity contribution in [3.63, 3.8) is 0 Å². The molecule has 1 aliphatic rings. The number of hydrogen-bond acceptors (Lipinski definition) is 6. The van der Waals surface area contributed by atoms with E-state index in [0.717, 1.165) is 18.8 Å². The molecule has 1 saturated heterocycles. The highest BCUT2D eigenvalue weighted by atomic mass is 16.5. The normalized spacial score (nSPS) is 16.7. The van der Waals surface area contributed by atoms with Crippen LogP contribution in [0.2, 0.25) is 0 Å². The van der Waals surface area contributed by atoms with Gasteiger partial charge in [-0.3, -0.25) is 9.69 Å². The van der Waals surface area contributed by atoms with Crippen molar-refractivity contribution < 1.29 is 13.9 Å². The van der Waals surface area contributed by atoms with Crippen molar-refractivity contribution in [2.75, 3.05) is 33.3 Å². The molecule has 1 amide bonds. The van der Waals surface area contributed by atoms with Crippen LogP contribution in [0.1, 0.15) is 30.3 Å². The molecule has 25 heavy (non-hydrogen) atoms. The number of rotatable bonds is 5.